The summed E-state index contributed by atoms with van der Waals surface area (Å²) < 4.78 is 5.72. The molecule has 0 amide bonds. The number of oxazole rings is 1. The third-order valence-electron chi connectivity index (χ3n) is 3.30. The van der Waals surface area contributed by atoms with Crippen molar-refractivity contribution in [2.45, 2.75) is 58.9 Å². The summed E-state index contributed by atoms with van der Waals surface area (Å²) in [6, 6.07) is 6.64. The lowest BCUT2D eigenvalue weighted by atomic mass is 10.1. The zero-order valence-electron chi connectivity index (χ0n) is 12.4. The van der Waals surface area contributed by atoms with E-state index in [2.05, 4.69) is 50.1 Å². The maximum Gasteiger partial charge on any atom is 0.198 e. The Bertz CT molecular complexity index is 531. The van der Waals surface area contributed by atoms with Gasteiger partial charge in [-0.1, -0.05) is 33.6 Å². The Hall–Kier alpha value is -1.51. The van der Waals surface area contributed by atoms with Crippen molar-refractivity contribution in [3.63, 3.8) is 0 Å². The number of anilines is 1. The second kappa shape index (κ2) is 6.09. The first-order chi connectivity index (χ1) is 9.10. The van der Waals surface area contributed by atoms with Gasteiger partial charge in [0.25, 0.3) is 0 Å². The molecule has 0 bridgehead atoms. The van der Waals surface area contributed by atoms with E-state index in [4.69, 9.17) is 4.42 Å². The predicted molar refractivity (Wildman–Crippen MR) is 80.7 cm³/mol. The Morgan fingerprint density at radius 3 is 2.74 bits per heavy atom. The van der Waals surface area contributed by atoms with Gasteiger partial charge in [0.05, 0.1) is 0 Å². The molecule has 1 heterocycles. The van der Waals surface area contributed by atoms with Crippen LogP contribution in [0, 0.1) is 0 Å². The van der Waals surface area contributed by atoms with E-state index in [0.29, 0.717) is 12.0 Å². The van der Waals surface area contributed by atoms with Gasteiger partial charge in [-0.25, -0.2) is 4.98 Å². The minimum atomic E-state index is 0.326. The summed E-state index contributed by atoms with van der Waals surface area (Å²) in [6.45, 7) is 8.64. The van der Waals surface area contributed by atoms with Gasteiger partial charge in [0, 0.05) is 17.6 Å². The smallest absolute Gasteiger partial charge is 0.198 e. The van der Waals surface area contributed by atoms with Crippen LogP contribution in [0.3, 0.4) is 0 Å². The highest BCUT2D eigenvalue weighted by molar-refractivity contribution is 5.77. The van der Waals surface area contributed by atoms with Crippen LogP contribution in [0.25, 0.3) is 11.1 Å². The third kappa shape index (κ3) is 3.49. The second-order valence-electron chi connectivity index (χ2n) is 5.58. The normalized spacial score (nSPS) is 13.1. The Morgan fingerprint density at radius 2 is 2.05 bits per heavy atom. The molecule has 0 fully saturated rings. The maximum atomic E-state index is 5.72. The van der Waals surface area contributed by atoms with Crippen molar-refractivity contribution in [2.75, 3.05) is 5.32 Å². The van der Waals surface area contributed by atoms with Crippen molar-refractivity contribution >= 4 is 16.8 Å². The van der Waals surface area contributed by atoms with Gasteiger partial charge in [-0.15, -0.1) is 0 Å². The van der Waals surface area contributed by atoms with Crippen LogP contribution < -0.4 is 5.32 Å². The predicted octanol–water partition coefficient (Wildman–Crippen LogP) is 4.94. The number of rotatable bonds is 6. The Labute approximate surface area is 115 Å². The number of fused-ring (bicyclic) bond motifs is 1. The fourth-order valence-corrected chi connectivity index (χ4v) is 2.15. The van der Waals surface area contributed by atoms with Crippen molar-refractivity contribution < 1.29 is 4.42 Å². The third-order valence-corrected chi connectivity index (χ3v) is 3.30. The van der Waals surface area contributed by atoms with Gasteiger partial charge in [-0.2, -0.15) is 0 Å². The van der Waals surface area contributed by atoms with E-state index in [-0.39, 0.29) is 0 Å². The molecule has 1 N–H and O–H groups in total. The standard InChI is InChI=1S/C16H24N2O/c1-5-6-7-12(4)17-13-8-9-15-14(10-13)18-16(19-15)11(2)3/h8-12,17H,5-7H2,1-4H3. The zero-order valence-corrected chi connectivity index (χ0v) is 12.4. The van der Waals surface area contributed by atoms with E-state index in [1.807, 2.05) is 6.07 Å². The minimum Gasteiger partial charge on any atom is -0.440 e. The number of hydrogen-bond acceptors (Lipinski definition) is 3. The molecule has 1 unspecified atom stereocenters. The lowest BCUT2D eigenvalue weighted by Crippen LogP contribution is -2.14. The van der Waals surface area contributed by atoms with Crippen LogP contribution in [0.1, 0.15) is 58.8 Å². The molecule has 3 heteroatoms. The van der Waals surface area contributed by atoms with Crippen LogP contribution in [0.15, 0.2) is 22.6 Å². The fraction of sp³-hybridized carbons (Fsp3) is 0.562. The van der Waals surface area contributed by atoms with Gasteiger partial charge in [0.2, 0.25) is 0 Å². The molecule has 1 atom stereocenters. The highest BCUT2D eigenvalue weighted by Crippen LogP contribution is 2.24. The summed E-state index contributed by atoms with van der Waals surface area (Å²) >= 11 is 0. The molecular formula is C16H24N2O. The molecule has 0 aliphatic carbocycles. The SMILES string of the molecule is CCCCC(C)Nc1ccc2oc(C(C)C)nc2c1. The number of benzene rings is 1. The zero-order chi connectivity index (χ0) is 13.8. The Morgan fingerprint density at radius 1 is 1.26 bits per heavy atom. The number of hydrogen-bond donors (Lipinski definition) is 1. The van der Waals surface area contributed by atoms with Gasteiger partial charge in [-0.3, -0.25) is 0 Å². The van der Waals surface area contributed by atoms with Crippen LogP contribution in [0.2, 0.25) is 0 Å². The van der Waals surface area contributed by atoms with Gasteiger partial charge in [0.1, 0.15) is 5.52 Å². The van der Waals surface area contributed by atoms with E-state index in [1.165, 1.54) is 19.3 Å². The molecule has 2 rings (SSSR count). The van der Waals surface area contributed by atoms with Crippen molar-refractivity contribution in [2.24, 2.45) is 0 Å². The molecule has 1 aromatic heterocycles. The molecule has 3 nitrogen and oxygen atoms in total. The van der Waals surface area contributed by atoms with E-state index in [0.717, 1.165) is 22.7 Å². The number of aromatic nitrogens is 1. The largest absolute Gasteiger partial charge is 0.440 e. The lowest BCUT2D eigenvalue weighted by molar-refractivity contribution is 0.501. The van der Waals surface area contributed by atoms with E-state index in [9.17, 15) is 0 Å². The topological polar surface area (TPSA) is 38.1 Å². The first-order valence-corrected chi connectivity index (χ1v) is 7.27. The van der Waals surface area contributed by atoms with Crippen LogP contribution in [-0.4, -0.2) is 11.0 Å². The summed E-state index contributed by atoms with van der Waals surface area (Å²) in [5.41, 5.74) is 2.94. The van der Waals surface area contributed by atoms with Gasteiger partial charge >= 0.3 is 0 Å². The first-order valence-electron chi connectivity index (χ1n) is 7.27. The van der Waals surface area contributed by atoms with Crippen molar-refractivity contribution in [3.8, 4) is 0 Å². The molecule has 0 saturated carbocycles. The van der Waals surface area contributed by atoms with E-state index in [1.54, 1.807) is 0 Å². The summed E-state index contributed by atoms with van der Waals surface area (Å²) in [5, 5.41) is 3.53. The number of unbranched alkanes of at least 4 members (excludes halogenated alkanes) is 1. The molecule has 0 aliphatic heterocycles. The quantitative estimate of drug-likeness (QED) is 0.799. The molecule has 0 radical (unpaired) electrons. The maximum absolute atomic E-state index is 5.72. The average molecular weight is 260 g/mol. The average Bonchev–Trinajstić information content (AvgIpc) is 2.79. The van der Waals surface area contributed by atoms with Crippen LogP contribution >= 0.6 is 0 Å². The van der Waals surface area contributed by atoms with Crippen molar-refractivity contribution in [1.29, 1.82) is 0 Å². The molecule has 19 heavy (non-hydrogen) atoms. The summed E-state index contributed by atoms with van der Waals surface area (Å²) in [5.74, 6) is 1.14. The molecular weight excluding hydrogens is 236 g/mol. The van der Waals surface area contributed by atoms with Crippen LogP contribution in [0.5, 0.6) is 0 Å². The van der Waals surface area contributed by atoms with Gasteiger partial charge in [-0.05, 0) is 31.5 Å². The van der Waals surface area contributed by atoms with Crippen molar-refractivity contribution in [3.05, 3.63) is 24.1 Å². The summed E-state index contributed by atoms with van der Waals surface area (Å²) in [7, 11) is 0. The molecule has 0 spiro atoms. The monoisotopic (exact) mass is 260 g/mol. The Balaban J connectivity index is 2.12. The first kappa shape index (κ1) is 13.9. The van der Waals surface area contributed by atoms with E-state index < -0.39 is 0 Å². The van der Waals surface area contributed by atoms with Crippen LogP contribution in [-0.2, 0) is 0 Å². The van der Waals surface area contributed by atoms with Crippen LogP contribution in [0.4, 0.5) is 5.69 Å². The van der Waals surface area contributed by atoms with Crippen molar-refractivity contribution in [1.82, 2.24) is 4.98 Å². The fourth-order valence-electron chi connectivity index (χ4n) is 2.15. The highest BCUT2D eigenvalue weighted by Gasteiger charge is 2.10. The highest BCUT2D eigenvalue weighted by atomic mass is 16.3. The molecule has 2 aromatic rings. The Kier molecular flexibility index (Phi) is 4.46. The van der Waals surface area contributed by atoms with E-state index >= 15 is 0 Å². The van der Waals surface area contributed by atoms with Gasteiger partial charge < -0.3 is 9.73 Å². The second-order valence-corrected chi connectivity index (χ2v) is 5.58. The number of nitrogens with zero attached hydrogens (tertiary/aromatic N) is 1. The number of nitrogens with one attached hydrogen (secondary N) is 1. The molecule has 0 aliphatic rings. The summed E-state index contributed by atoms with van der Waals surface area (Å²) in [4.78, 5) is 4.54. The molecule has 0 saturated heterocycles. The minimum absolute atomic E-state index is 0.326. The lowest BCUT2D eigenvalue weighted by Gasteiger charge is -2.14. The molecule has 1 aromatic carbocycles. The summed E-state index contributed by atoms with van der Waals surface area (Å²) in [6.07, 6.45) is 3.70. The molecule has 104 valence electrons. The van der Waals surface area contributed by atoms with Gasteiger partial charge in [0.15, 0.2) is 11.5 Å².